The number of hydrogen-bond acceptors (Lipinski definition) is 3. The van der Waals surface area contributed by atoms with Crippen molar-refractivity contribution in [3.05, 3.63) is 23.2 Å². The van der Waals surface area contributed by atoms with E-state index in [1.54, 1.807) is 12.4 Å². The van der Waals surface area contributed by atoms with E-state index in [1.165, 1.54) is 6.42 Å². The van der Waals surface area contributed by atoms with Crippen LogP contribution in [0.25, 0.3) is 0 Å². The first-order valence-electron chi connectivity index (χ1n) is 5.84. The van der Waals surface area contributed by atoms with Crippen molar-refractivity contribution in [3.63, 3.8) is 0 Å². The van der Waals surface area contributed by atoms with Crippen LogP contribution in [0.15, 0.2) is 12.4 Å². The summed E-state index contributed by atoms with van der Waals surface area (Å²) in [5, 5.41) is 0.462. The van der Waals surface area contributed by atoms with Crippen LogP contribution in [0.4, 0.5) is 0 Å². The van der Waals surface area contributed by atoms with Gasteiger partial charge in [-0.15, -0.1) is 0 Å². The highest BCUT2D eigenvalue weighted by atomic mass is 35.5. The molecule has 16 heavy (non-hydrogen) atoms. The predicted octanol–water partition coefficient (Wildman–Crippen LogP) is 2.61. The molecule has 1 fully saturated rings. The molecule has 1 aliphatic rings. The molecule has 0 amide bonds. The molecule has 1 saturated heterocycles. The number of halogens is 1. The van der Waals surface area contributed by atoms with Gasteiger partial charge in [0.2, 0.25) is 0 Å². The third-order valence-electron chi connectivity index (χ3n) is 3.48. The lowest BCUT2D eigenvalue weighted by Gasteiger charge is -2.34. The van der Waals surface area contributed by atoms with E-state index in [0.717, 1.165) is 37.2 Å². The zero-order valence-electron chi connectivity index (χ0n) is 9.86. The number of hydrogen-bond donors (Lipinski definition) is 0. The molecule has 0 bridgehead atoms. The Hall–Kier alpha value is -0.670. The molecule has 0 spiro atoms. The Morgan fingerprint density at radius 3 is 2.75 bits per heavy atom. The van der Waals surface area contributed by atoms with E-state index in [2.05, 4.69) is 28.7 Å². The second-order valence-corrected chi connectivity index (χ2v) is 5.20. The summed E-state index contributed by atoms with van der Waals surface area (Å²) in [6.45, 7) is 7.87. The number of nitrogens with zero attached hydrogens (tertiary/aromatic N) is 3. The molecule has 0 saturated carbocycles. The van der Waals surface area contributed by atoms with Crippen LogP contribution in [0.3, 0.4) is 0 Å². The summed E-state index contributed by atoms with van der Waals surface area (Å²) in [5.41, 5.74) is 1.01. The molecule has 1 aromatic heterocycles. The summed E-state index contributed by atoms with van der Waals surface area (Å²) < 4.78 is 0. The second kappa shape index (κ2) is 5.11. The number of piperidine rings is 1. The van der Waals surface area contributed by atoms with E-state index in [1.807, 2.05) is 0 Å². The van der Waals surface area contributed by atoms with E-state index >= 15 is 0 Å². The zero-order valence-corrected chi connectivity index (χ0v) is 10.6. The summed E-state index contributed by atoms with van der Waals surface area (Å²) in [6.07, 6.45) is 4.67. The van der Waals surface area contributed by atoms with Gasteiger partial charge >= 0.3 is 0 Å². The van der Waals surface area contributed by atoms with E-state index in [0.29, 0.717) is 5.15 Å². The average molecular weight is 240 g/mol. The van der Waals surface area contributed by atoms with E-state index < -0.39 is 0 Å². The van der Waals surface area contributed by atoms with Crippen molar-refractivity contribution < 1.29 is 0 Å². The highest BCUT2D eigenvalue weighted by molar-refractivity contribution is 6.29. The maximum absolute atomic E-state index is 5.71. The average Bonchev–Trinajstić information content (AvgIpc) is 2.27. The Morgan fingerprint density at radius 2 is 2.12 bits per heavy atom. The molecular formula is C12H18ClN3. The largest absolute Gasteiger partial charge is 0.297 e. The molecule has 0 radical (unpaired) electrons. The molecule has 1 aromatic rings. The monoisotopic (exact) mass is 239 g/mol. The van der Waals surface area contributed by atoms with Crippen molar-refractivity contribution in [1.82, 2.24) is 14.9 Å². The van der Waals surface area contributed by atoms with Crippen LogP contribution in [-0.2, 0) is 6.54 Å². The molecule has 2 atom stereocenters. The maximum Gasteiger partial charge on any atom is 0.147 e. The fourth-order valence-corrected chi connectivity index (χ4v) is 2.24. The first-order chi connectivity index (χ1) is 7.65. The standard InChI is InChI=1S/C12H18ClN3/c1-9-3-4-16(7-10(9)2)8-11-5-15-12(13)6-14-11/h5-6,9-10H,3-4,7-8H2,1-2H3. The van der Waals surface area contributed by atoms with Crippen molar-refractivity contribution in [1.29, 1.82) is 0 Å². The molecule has 3 nitrogen and oxygen atoms in total. The highest BCUT2D eigenvalue weighted by Gasteiger charge is 2.22. The topological polar surface area (TPSA) is 29.0 Å². The van der Waals surface area contributed by atoms with Gasteiger partial charge in [0.15, 0.2) is 0 Å². The first kappa shape index (κ1) is 11.8. The van der Waals surface area contributed by atoms with Crippen LogP contribution in [0, 0.1) is 11.8 Å². The van der Waals surface area contributed by atoms with Crippen molar-refractivity contribution >= 4 is 11.6 Å². The molecule has 1 aliphatic heterocycles. The van der Waals surface area contributed by atoms with Crippen LogP contribution in [0.5, 0.6) is 0 Å². The van der Waals surface area contributed by atoms with Gasteiger partial charge in [0.1, 0.15) is 5.15 Å². The Balaban J connectivity index is 1.93. The van der Waals surface area contributed by atoms with Crippen molar-refractivity contribution in [2.24, 2.45) is 11.8 Å². The summed E-state index contributed by atoms with van der Waals surface area (Å²) in [4.78, 5) is 10.8. The lowest BCUT2D eigenvalue weighted by molar-refractivity contribution is 0.131. The van der Waals surface area contributed by atoms with Crippen molar-refractivity contribution in [3.8, 4) is 0 Å². The highest BCUT2D eigenvalue weighted by Crippen LogP contribution is 2.23. The van der Waals surface area contributed by atoms with Gasteiger partial charge in [-0.25, -0.2) is 4.98 Å². The van der Waals surface area contributed by atoms with Crippen LogP contribution in [0.2, 0.25) is 5.15 Å². The van der Waals surface area contributed by atoms with Gasteiger partial charge in [0.25, 0.3) is 0 Å². The Morgan fingerprint density at radius 1 is 1.31 bits per heavy atom. The second-order valence-electron chi connectivity index (χ2n) is 4.81. The van der Waals surface area contributed by atoms with Crippen LogP contribution >= 0.6 is 11.6 Å². The molecule has 0 aromatic carbocycles. The van der Waals surface area contributed by atoms with Crippen LogP contribution in [-0.4, -0.2) is 28.0 Å². The summed E-state index contributed by atoms with van der Waals surface area (Å²) >= 11 is 5.71. The molecule has 2 rings (SSSR count). The number of aromatic nitrogens is 2. The third-order valence-corrected chi connectivity index (χ3v) is 3.67. The van der Waals surface area contributed by atoms with Gasteiger partial charge in [-0.2, -0.15) is 0 Å². The molecule has 0 aliphatic carbocycles. The first-order valence-corrected chi connectivity index (χ1v) is 6.21. The van der Waals surface area contributed by atoms with Crippen LogP contribution < -0.4 is 0 Å². The molecule has 88 valence electrons. The Bertz CT molecular complexity index is 339. The Labute approximate surface area is 102 Å². The van der Waals surface area contributed by atoms with Gasteiger partial charge in [0.05, 0.1) is 18.1 Å². The zero-order chi connectivity index (χ0) is 11.5. The van der Waals surface area contributed by atoms with Crippen molar-refractivity contribution in [2.75, 3.05) is 13.1 Å². The summed E-state index contributed by atoms with van der Waals surface area (Å²) in [6, 6.07) is 0. The summed E-state index contributed by atoms with van der Waals surface area (Å²) in [5.74, 6) is 1.61. The van der Waals surface area contributed by atoms with Gasteiger partial charge in [-0.05, 0) is 24.8 Å². The van der Waals surface area contributed by atoms with Gasteiger partial charge in [0, 0.05) is 13.1 Å². The lowest BCUT2D eigenvalue weighted by Crippen LogP contribution is -2.38. The third kappa shape index (κ3) is 2.92. The van der Waals surface area contributed by atoms with Gasteiger partial charge < -0.3 is 0 Å². The van der Waals surface area contributed by atoms with Gasteiger partial charge in [-0.1, -0.05) is 25.4 Å². The molecule has 2 unspecified atom stereocenters. The van der Waals surface area contributed by atoms with Crippen LogP contribution in [0.1, 0.15) is 26.0 Å². The predicted molar refractivity (Wildman–Crippen MR) is 65.3 cm³/mol. The maximum atomic E-state index is 5.71. The van der Waals surface area contributed by atoms with E-state index in [-0.39, 0.29) is 0 Å². The molecular weight excluding hydrogens is 222 g/mol. The quantitative estimate of drug-likeness (QED) is 0.795. The smallest absolute Gasteiger partial charge is 0.147 e. The molecule has 4 heteroatoms. The lowest BCUT2D eigenvalue weighted by atomic mass is 9.89. The fraction of sp³-hybridized carbons (Fsp3) is 0.667. The summed E-state index contributed by atoms with van der Waals surface area (Å²) in [7, 11) is 0. The minimum Gasteiger partial charge on any atom is -0.297 e. The number of rotatable bonds is 2. The minimum absolute atomic E-state index is 0.462. The fourth-order valence-electron chi connectivity index (χ4n) is 2.14. The van der Waals surface area contributed by atoms with E-state index in [9.17, 15) is 0 Å². The Kier molecular flexibility index (Phi) is 3.77. The normalized spacial score (nSPS) is 26.9. The van der Waals surface area contributed by atoms with Crippen molar-refractivity contribution in [2.45, 2.75) is 26.8 Å². The number of likely N-dealkylation sites (tertiary alicyclic amines) is 1. The van der Waals surface area contributed by atoms with Gasteiger partial charge in [-0.3, -0.25) is 9.88 Å². The SMILES string of the molecule is CC1CCN(Cc2cnc(Cl)cn2)CC1C. The van der Waals surface area contributed by atoms with E-state index in [4.69, 9.17) is 11.6 Å². The minimum atomic E-state index is 0.462. The molecule has 0 N–H and O–H groups in total. The molecule has 2 heterocycles.